The summed E-state index contributed by atoms with van der Waals surface area (Å²) in [4.78, 5) is 31.3. The van der Waals surface area contributed by atoms with Gasteiger partial charge >= 0.3 is 7.60 Å². The molecule has 7 heteroatoms. The maximum atomic E-state index is 12.5. The zero-order valence-electron chi connectivity index (χ0n) is 21.7. The molecule has 0 aliphatic heterocycles. The van der Waals surface area contributed by atoms with Gasteiger partial charge in [-0.2, -0.15) is 11.8 Å². The highest BCUT2D eigenvalue weighted by molar-refractivity contribution is 7.99. The van der Waals surface area contributed by atoms with E-state index in [2.05, 4.69) is 19.2 Å². The van der Waals surface area contributed by atoms with Crippen LogP contribution in [0.4, 0.5) is 0 Å². The van der Waals surface area contributed by atoms with Crippen LogP contribution in [0.15, 0.2) is 0 Å². The second kappa shape index (κ2) is 23.7. The summed E-state index contributed by atoms with van der Waals surface area (Å²) in [5.41, 5.74) is 0. The summed E-state index contributed by atoms with van der Waals surface area (Å²) in [6.07, 6.45) is 22.3. The SMILES string of the molecule is CCCCCCCCCCCCSCC(CP(=O)(O)O)C(=O)NCCCCCCCCCC. The molecule has 0 aliphatic rings. The van der Waals surface area contributed by atoms with E-state index < -0.39 is 13.5 Å². The number of rotatable bonds is 25. The fourth-order valence-corrected chi connectivity index (χ4v) is 6.20. The monoisotopic (exact) mass is 507 g/mol. The molecule has 1 atom stereocenters. The number of unbranched alkanes of at least 4 members (excludes halogenated alkanes) is 16. The predicted octanol–water partition coefficient (Wildman–Crippen LogP) is 7.69. The molecule has 0 aromatic carbocycles. The van der Waals surface area contributed by atoms with Gasteiger partial charge in [0.15, 0.2) is 0 Å². The maximum Gasteiger partial charge on any atom is 0.326 e. The normalized spacial score (nSPS) is 12.7. The van der Waals surface area contributed by atoms with Crippen LogP contribution in [0.3, 0.4) is 0 Å². The van der Waals surface area contributed by atoms with E-state index in [1.54, 1.807) is 11.8 Å². The number of nitrogens with one attached hydrogen (secondary N) is 1. The van der Waals surface area contributed by atoms with Gasteiger partial charge in [-0.15, -0.1) is 0 Å². The van der Waals surface area contributed by atoms with Gasteiger partial charge in [0.2, 0.25) is 5.91 Å². The molecule has 0 fully saturated rings. The van der Waals surface area contributed by atoms with Crippen molar-refractivity contribution in [2.24, 2.45) is 5.92 Å². The van der Waals surface area contributed by atoms with E-state index in [-0.39, 0.29) is 12.1 Å². The molecule has 0 saturated heterocycles. The van der Waals surface area contributed by atoms with Crippen molar-refractivity contribution in [2.75, 3.05) is 24.2 Å². The summed E-state index contributed by atoms with van der Waals surface area (Å²) in [5, 5.41) is 2.91. The fraction of sp³-hybridized carbons (Fsp3) is 0.962. The lowest BCUT2D eigenvalue weighted by atomic mass is 10.1. The Morgan fingerprint density at radius 3 is 1.61 bits per heavy atom. The van der Waals surface area contributed by atoms with Gasteiger partial charge in [-0.1, -0.05) is 117 Å². The summed E-state index contributed by atoms with van der Waals surface area (Å²) in [6, 6.07) is 0. The second-order valence-corrected chi connectivity index (χ2v) is 12.4. The Bertz CT molecular complexity index is 487. The first-order valence-corrected chi connectivity index (χ1v) is 16.8. The topological polar surface area (TPSA) is 86.6 Å². The van der Waals surface area contributed by atoms with Gasteiger partial charge in [0.05, 0.1) is 12.1 Å². The molecule has 0 bridgehead atoms. The van der Waals surface area contributed by atoms with Crippen molar-refractivity contribution in [3.63, 3.8) is 0 Å². The van der Waals surface area contributed by atoms with Crippen molar-refractivity contribution < 1.29 is 19.1 Å². The zero-order chi connectivity index (χ0) is 24.6. The van der Waals surface area contributed by atoms with Crippen LogP contribution in [0.2, 0.25) is 0 Å². The van der Waals surface area contributed by atoms with Crippen molar-refractivity contribution in [2.45, 2.75) is 129 Å². The molecule has 3 N–H and O–H groups in total. The smallest absolute Gasteiger partial charge is 0.326 e. The minimum atomic E-state index is -4.20. The Balaban J connectivity index is 3.87. The maximum absolute atomic E-state index is 12.5. The Morgan fingerprint density at radius 2 is 1.15 bits per heavy atom. The van der Waals surface area contributed by atoms with Crippen LogP contribution < -0.4 is 5.32 Å². The van der Waals surface area contributed by atoms with Crippen molar-refractivity contribution in [1.82, 2.24) is 5.32 Å². The van der Waals surface area contributed by atoms with E-state index in [9.17, 15) is 19.1 Å². The third kappa shape index (κ3) is 24.9. The fourth-order valence-electron chi connectivity index (χ4n) is 4.03. The minimum absolute atomic E-state index is 0.197. The van der Waals surface area contributed by atoms with E-state index in [4.69, 9.17) is 0 Å². The second-order valence-electron chi connectivity index (χ2n) is 9.57. The van der Waals surface area contributed by atoms with Crippen LogP contribution in [0.25, 0.3) is 0 Å². The number of hydrogen-bond donors (Lipinski definition) is 3. The Hall–Kier alpha value is -0.0300. The van der Waals surface area contributed by atoms with Crippen LogP contribution in [-0.2, 0) is 9.36 Å². The van der Waals surface area contributed by atoms with Crippen LogP contribution in [0.5, 0.6) is 0 Å². The van der Waals surface area contributed by atoms with Crippen LogP contribution in [0.1, 0.15) is 129 Å². The summed E-state index contributed by atoms with van der Waals surface area (Å²) >= 11 is 1.66. The average molecular weight is 508 g/mol. The van der Waals surface area contributed by atoms with E-state index >= 15 is 0 Å². The molecule has 0 aromatic rings. The van der Waals surface area contributed by atoms with E-state index in [1.807, 2.05) is 0 Å². The largest absolute Gasteiger partial charge is 0.356 e. The van der Waals surface area contributed by atoms with Gasteiger partial charge in [0.25, 0.3) is 0 Å². The Morgan fingerprint density at radius 1 is 0.727 bits per heavy atom. The first-order valence-electron chi connectivity index (χ1n) is 13.8. The summed E-state index contributed by atoms with van der Waals surface area (Å²) < 4.78 is 11.5. The average Bonchev–Trinajstić information content (AvgIpc) is 2.77. The zero-order valence-corrected chi connectivity index (χ0v) is 23.4. The molecule has 0 rings (SSSR count). The predicted molar refractivity (Wildman–Crippen MR) is 145 cm³/mol. The highest BCUT2D eigenvalue weighted by Crippen LogP contribution is 2.37. The van der Waals surface area contributed by atoms with Gasteiger partial charge in [0, 0.05) is 12.3 Å². The van der Waals surface area contributed by atoms with Gasteiger partial charge in [-0.25, -0.2) is 0 Å². The molecule has 0 aliphatic carbocycles. The molecule has 1 amide bonds. The highest BCUT2D eigenvalue weighted by atomic mass is 32.2. The van der Waals surface area contributed by atoms with E-state index in [1.165, 1.54) is 96.3 Å². The summed E-state index contributed by atoms with van der Waals surface area (Å²) in [5.74, 6) is 0.649. The number of carbonyl (C=O) groups excluding carboxylic acids is 1. The van der Waals surface area contributed by atoms with Crippen LogP contribution >= 0.6 is 19.4 Å². The molecule has 1 unspecified atom stereocenters. The van der Waals surface area contributed by atoms with Crippen molar-refractivity contribution in [1.29, 1.82) is 0 Å². The lowest BCUT2D eigenvalue weighted by Gasteiger charge is -2.17. The number of amides is 1. The first kappa shape index (κ1) is 33.0. The molecule has 0 aromatic heterocycles. The van der Waals surface area contributed by atoms with Gasteiger partial charge in [-0.3, -0.25) is 9.36 Å². The van der Waals surface area contributed by atoms with Crippen LogP contribution in [0, 0.1) is 5.92 Å². The molecule has 0 heterocycles. The lowest BCUT2D eigenvalue weighted by molar-refractivity contribution is -0.123. The molecule has 5 nitrogen and oxygen atoms in total. The van der Waals surface area contributed by atoms with E-state index in [0.717, 1.165) is 25.0 Å². The van der Waals surface area contributed by atoms with Gasteiger partial charge < -0.3 is 15.1 Å². The lowest BCUT2D eigenvalue weighted by Crippen LogP contribution is -2.34. The molecule has 0 spiro atoms. The quantitative estimate of drug-likeness (QED) is 0.0871. The Labute approximate surface area is 209 Å². The molecule has 0 radical (unpaired) electrons. The number of hydrogen-bond acceptors (Lipinski definition) is 3. The van der Waals surface area contributed by atoms with Crippen molar-refractivity contribution in [3.8, 4) is 0 Å². The summed E-state index contributed by atoms with van der Waals surface area (Å²) in [6.45, 7) is 5.07. The van der Waals surface area contributed by atoms with Gasteiger partial charge in [0.1, 0.15) is 0 Å². The van der Waals surface area contributed by atoms with Crippen molar-refractivity contribution >= 4 is 25.3 Å². The minimum Gasteiger partial charge on any atom is -0.356 e. The number of carbonyl (C=O) groups is 1. The van der Waals surface area contributed by atoms with E-state index in [0.29, 0.717) is 12.3 Å². The molecule has 0 saturated carbocycles. The highest BCUT2D eigenvalue weighted by Gasteiger charge is 2.27. The summed E-state index contributed by atoms with van der Waals surface area (Å²) in [7, 11) is -4.20. The molecule has 198 valence electrons. The standard InChI is InChI=1S/C26H54NO4PS/c1-3-5-7-9-11-13-14-16-18-20-22-33-24-25(23-32(29,30)31)26(28)27-21-19-17-15-12-10-8-6-4-2/h25H,3-24H2,1-2H3,(H,27,28)(H2,29,30,31). The third-order valence-corrected chi connectivity index (χ3v) is 8.25. The Kier molecular flexibility index (Phi) is 23.7. The number of thioether (sulfide) groups is 1. The third-order valence-electron chi connectivity index (χ3n) is 6.12. The van der Waals surface area contributed by atoms with Crippen LogP contribution in [-0.4, -0.2) is 39.9 Å². The van der Waals surface area contributed by atoms with Gasteiger partial charge in [-0.05, 0) is 18.6 Å². The molecular weight excluding hydrogens is 453 g/mol. The molecular formula is C26H54NO4PS. The molecule has 33 heavy (non-hydrogen) atoms. The van der Waals surface area contributed by atoms with Crippen molar-refractivity contribution in [3.05, 3.63) is 0 Å². The first-order chi connectivity index (χ1) is 15.9.